The Labute approximate surface area is 208 Å². The maximum Gasteiger partial charge on any atom is 0.255 e. The van der Waals surface area contributed by atoms with E-state index in [-0.39, 0.29) is 17.1 Å². The molecule has 34 heavy (non-hydrogen) atoms. The lowest BCUT2D eigenvalue weighted by atomic mass is 9.89. The first-order chi connectivity index (χ1) is 16.3. The lowest BCUT2D eigenvalue weighted by molar-refractivity contribution is -0.115. The number of nitriles is 1. The quantitative estimate of drug-likeness (QED) is 0.391. The van der Waals surface area contributed by atoms with Gasteiger partial charge in [-0.25, -0.2) is 0 Å². The third kappa shape index (κ3) is 5.52. The number of aryl methyl sites for hydroxylation is 1. The van der Waals surface area contributed by atoms with Crippen molar-refractivity contribution in [2.75, 3.05) is 10.6 Å². The van der Waals surface area contributed by atoms with E-state index in [1.54, 1.807) is 12.1 Å². The summed E-state index contributed by atoms with van der Waals surface area (Å²) in [5.41, 5.74) is 4.10. The Morgan fingerprint density at radius 3 is 2.68 bits per heavy atom. The van der Waals surface area contributed by atoms with Crippen molar-refractivity contribution >= 4 is 45.6 Å². The molecule has 0 spiro atoms. The van der Waals surface area contributed by atoms with Gasteiger partial charge in [0.15, 0.2) is 0 Å². The van der Waals surface area contributed by atoms with Crippen molar-refractivity contribution in [2.45, 2.75) is 50.2 Å². The maximum absolute atomic E-state index is 12.9. The summed E-state index contributed by atoms with van der Waals surface area (Å²) >= 11 is 2.96. The molecule has 2 N–H and O–H groups in total. The fourth-order valence-electron chi connectivity index (χ4n) is 3.98. The Balaban J connectivity index is 1.41. The molecule has 0 saturated heterocycles. The molecule has 0 saturated carbocycles. The van der Waals surface area contributed by atoms with Crippen LogP contribution in [0.4, 0.5) is 10.7 Å². The van der Waals surface area contributed by atoms with Crippen LogP contribution in [-0.4, -0.2) is 17.1 Å². The second kappa shape index (κ2) is 10.5. The van der Waals surface area contributed by atoms with Crippen LogP contribution in [-0.2, 0) is 17.6 Å². The van der Waals surface area contributed by atoms with Crippen LogP contribution in [0.3, 0.4) is 0 Å². The van der Waals surface area contributed by atoms with E-state index in [2.05, 4.69) is 23.6 Å². The van der Waals surface area contributed by atoms with Gasteiger partial charge < -0.3 is 10.6 Å². The highest BCUT2D eigenvalue weighted by molar-refractivity contribution is 8.00. The molecule has 7 heteroatoms. The second-order valence-electron chi connectivity index (χ2n) is 8.77. The third-order valence-electron chi connectivity index (χ3n) is 5.95. The van der Waals surface area contributed by atoms with Crippen LogP contribution in [0, 0.1) is 24.2 Å². The minimum absolute atomic E-state index is 0.137. The van der Waals surface area contributed by atoms with Crippen molar-refractivity contribution in [1.82, 2.24) is 0 Å². The number of amides is 2. The number of carbonyl (C=O) groups excluding carboxylic acids is 2. The minimum Gasteiger partial charge on any atom is -0.322 e. The highest BCUT2D eigenvalue weighted by atomic mass is 32.2. The monoisotopic (exact) mass is 489 g/mol. The normalized spacial score (nSPS) is 15.6. The topological polar surface area (TPSA) is 82.0 Å². The predicted molar refractivity (Wildman–Crippen MR) is 140 cm³/mol. The van der Waals surface area contributed by atoms with Crippen LogP contribution in [0.25, 0.3) is 0 Å². The molecular weight excluding hydrogens is 462 g/mol. The minimum atomic E-state index is -0.368. The average Bonchev–Trinajstić information content (AvgIpc) is 3.15. The number of rotatable bonds is 6. The first-order valence-electron chi connectivity index (χ1n) is 11.3. The smallest absolute Gasteiger partial charge is 0.255 e. The summed E-state index contributed by atoms with van der Waals surface area (Å²) in [7, 11) is 0. The van der Waals surface area contributed by atoms with Crippen LogP contribution in [0.1, 0.15) is 52.2 Å². The fraction of sp³-hybridized carbons (Fsp3) is 0.296. The Kier molecular flexibility index (Phi) is 7.40. The van der Waals surface area contributed by atoms with E-state index < -0.39 is 0 Å². The van der Waals surface area contributed by atoms with E-state index in [1.807, 2.05) is 50.2 Å². The standard InChI is InChI=1S/C27H27N3O2S2/c1-16-7-10-19(11-8-16)26(32)29-20-5-4-6-21(14-20)33-18(3)25(31)30-27-23(15-28)22-12-9-17(2)13-24(22)34-27/h4-8,10-11,14,17-18H,9,12-13H2,1-3H3,(H,29,32)(H,30,31). The van der Waals surface area contributed by atoms with Gasteiger partial charge in [-0.15, -0.1) is 23.1 Å². The number of thiophene rings is 1. The molecule has 4 rings (SSSR count). The Hall–Kier alpha value is -3.08. The number of hydrogen-bond acceptors (Lipinski definition) is 5. The fourth-order valence-corrected chi connectivity index (χ4v) is 6.27. The summed E-state index contributed by atoms with van der Waals surface area (Å²) in [5.74, 6) is 0.296. The Morgan fingerprint density at radius 2 is 1.94 bits per heavy atom. The van der Waals surface area contributed by atoms with Crippen LogP contribution in [0.2, 0.25) is 0 Å². The maximum atomic E-state index is 12.9. The number of anilines is 2. The molecule has 2 unspecified atom stereocenters. The van der Waals surface area contributed by atoms with Crippen molar-refractivity contribution in [3.63, 3.8) is 0 Å². The summed E-state index contributed by atoms with van der Waals surface area (Å²) in [5, 5.41) is 15.9. The van der Waals surface area contributed by atoms with Crippen LogP contribution < -0.4 is 10.6 Å². The molecule has 3 aromatic rings. The highest BCUT2D eigenvalue weighted by Gasteiger charge is 2.26. The first-order valence-corrected chi connectivity index (χ1v) is 13.0. The highest BCUT2D eigenvalue weighted by Crippen LogP contribution is 2.39. The van der Waals surface area contributed by atoms with Crippen LogP contribution in [0.15, 0.2) is 53.4 Å². The van der Waals surface area contributed by atoms with E-state index in [9.17, 15) is 14.9 Å². The summed E-state index contributed by atoms with van der Waals surface area (Å²) < 4.78 is 0. The van der Waals surface area contributed by atoms with Gasteiger partial charge in [0.05, 0.1) is 10.8 Å². The molecular formula is C27H27N3O2S2. The molecule has 1 aliphatic rings. The summed E-state index contributed by atoms with van der Waals surface area (Å²) in [6.45, 7) is 6.05. The van der Waals surface area contributed by atoms with E-state index in [1.165, 1.54) is 28.0 Å². The zero-order valence-electron chi connectivity index (χ0n) is 19.5. The predicted octanol–water partition coefficient (Wildman–Crippen LogP) is 6.42. The molecule has 0 radical (unpaired) electrons. The SMILES string of the molecule is Cc1ccc(C(=O)Nc2cccc(SC(C)C(=O)Nc3sc4c(c3C#N)CCC(C)C4)c2)cc1. The summed E-state index contributed by atoms with van der Waals surface area (Å²) in [4.78, 5) is 27.6. The lowest BCUT2D eigenvalue weighted by Crippen LogP contribution is -2.22. The van der Waals surface area contributed by atoms with Crippen molar-refractivity contribution in [1.29, 1.82) is 5.26 Å². The number of fused-ring (bicyclic) bond motifs is 1. The van der Waals surface area contributed by atoms with Crippen molar-refractivity contribution in [3.8, 4) is 6.07 Å². The number of hydrogen-bond donors (Lipinski definition) is 2. The van der Waals surface area contributed by atoms with Gasteiger partial charge in [0.25, 0.3) is 5.91 Å². The molecule has 0 aliphatic heterocycles. The number of benzene rings is 2. The summed E-state index contributed by atoms with van der Waals surface area (Å²) in [6.07, 6.45) is 2.95. The molecule has 2 atom stereocenters. The van der Waals surface area contributed by atoms with E-state index in [0.717, 1.165) is 35.3 Å². The largest absolute Gasteiger partial charge is 0.322 e. The van der Waals surface area contributed by atoms with Gasteiger partial charge in [0.2, 0.25) is 5.91 Å². The number of nitrogens with zero attached hydrogens (tertiary/aromatic N) is 1. The Bertz CT molecular complexity index is 1260. The second-order valence-corrected chi connectivity index (χ2v) is 11.3. The molecule has 1 aliphatic carbocycles. The molecule has 174 valence electrons. The van der Waals surface area contributed by atoms with E-state index in [0.29, 0.717) is 27.7 Å². The molecule has 0 bridgehead atoms. The van der Waals surface area contributed by atoms with Gasteiger partial charge >= 0.3 is 0 Å². The van der Waals surface area contributed by atoms with Crippen molar-refractivity contribution in [3.05, 3.63) is 75.7 Å². The Morgan fingerprint density at radius 1 is 1.18 bits per heavy atom. The van der Waals surface area contributed by atoms with Gasteiger partial charge in [0, 0.05) is 21.0 Å². The van der Waals surface area contributed by atoms with Gasteiger partial charge in [-0.3, -0.25) is 9.59 Å². The lowest BCUT2D eigenvalue weighted by Gasteiger charge is -2.17. The van der Waals surface area contributed by atoms with Gasteiger partial charge in [0.1, 0.15) is 11.1 Å². The van der Waals surface area contributed by atoms with E-state index in [4.69, 9.17) is 0 Å². The molecule has 0 fully saturated rings. The van der Waals surface area contributed by atoms with Crippen LogP contribution >= 0.6 is 23.1 Å². The van der Waals surface area contributed by atoms with Gasteiger partial charge in [-0.1, -0.05) is 30.7 Å². The number of nitrogens with one attached hydrogen (secondary N) is 2. The zero-order chi connectivity index (χ0) is 24.2. The molecule has 2 amide bonds. The van der Waals surface area contributed by atoms with Gasteiger partial charge in [-0.2, -0.15) is 5.26 Å². The molecule has 1 aromatic heterocycles. The van der Waals surface area contributed by atoms with Gasteiger partial charge in [-0.05, 0) is 74.9 Å². The first kappa shape index (κ1) is 24.1. The van der Waals surface area contributed by atoms with Crippen molar-refractivity contribution in [2.24, 2.45) is 5.92 Å². The zero-order valence-corrected chi connectivity index (χ0v) is 21.1. The average molecular weight is 490 g/mol. The number of thioether (sulfide) groups is 1. The van der Waals surface area contributed by atoms with Crippen molar-refractivity contribution < 1.29 is 9.59 Å². The molecule has 5 nitrogen and oxygen atoms in total. The number of carbonyl (C=O) groups is 2. The van der Waals surface area contributed by atoms with Crippen LogP contribution in [0.5, 0.6) is 0 Å². The summed E-state index contributed by atoms with van der Waals surface area (Å²) in [6, 6.07) is 17.2. The molecule has 2 aromatic carbocycles. The third-order valence-corrected chi connectivity index (χ3v) is 8.21. The van der Waals surface area contributed by atoms with E-state index >= 15 is 0 Å². The molecule has 1 heterocycles.